The number of methoxy groups -OCH3 is 1. The van der Waals surface area contributed by atoms with Crippen LogP contribution in [0, 0.1) is 5.41 Å². The third-order valence-electron chi connectivity index (χ3n) is 4.93. The van der Waals surface area contributed by atoms with Gasteiger partial charge in [-0.2, -0.15) is 5.10 Å². The molecule has 0 aliphatic heterocycles. The molecule has 1 fully saturated rings. The van der Waals surface area contributed by atoms with Crippen LogP contribution in [0.15, 0.2) is 6.33 Å². The van der Waals surface area contributed by atoms with Gasteiger partial charge in [0, 0.05) is 26.1 Å². The summed E-state index contributed by atoms with van der Waals surface area (Å²) in [5, 5.41) is 4.21. The molecule has 5 heteroatoms. The van der Waals surface area contributed by atoms with Gasteiger partial charge in [-0.25, -0.2) is 4.98 Å². The third-order valence-corrected chi connectivity index (χ3v) is 4.93. The number of ether oxygens (including phenoxy) is 1. The predicted molar refractivity (Wildman–Crippen MR) is 79.4 cm³/mol. The number of aromatic nitrogens is 3. The Labute approximate surface area is 121 Å². The number of hydrogen-bond donors (Lipinski definition) is 1. The molecular formula is C15H28N4O. The van der Waals surface area contributed by atoms with E-state index in [9.17, 15) is 0 Å². The van der Waals surface area contributed by atoms with Crippen molar-refractivity contribution in [3.05, 3.63) is 12.2 Å². The zero-order valence-electron chi connectivity index (χ0n) is 13.2. The Morgan fingerprint density at radius 2 is 2.00 bits per heavy atom. The Hall–Kier alpha value is -0.940. The van der Waals surface area contributed by atoms with Crippen molar-refractivity contribution in [2.45, 2.75) is 71.1 Å². The fraction of sp³-hybridized carbons (Fsp3) is 0.867. The van der Waals surface area contributed by atoms with Crippen molar-refractivity contribution in [2.24, 2.45) is 11.1 Å². The van der Waals surface area contributed by atoms with E-state index in [1.807, 2.05) is 4.68 Å². The maximum atomic E-state index is 6.49. The first-order chi connectivity index (χ1) is 9.42. The molecule has 1 saturated carbocycles. The maximum Gasteiger partial charge on any atom is 0.138 e. The lowest BCUT2D eigenvalue weighted by molar-refractivity contribution is -0.0785. The van der Waals surface area contributed by atoms with Crippen molar-refractivity contribution < 1.29 is 4.74 Å². The van der Waals surface area contributed by atoms with Crippen molar-refractivity contribution in [1.82, 2.24) is 14.8 Å². The lowest BCUT2D eigenvalue weighted by atomic mass is 9.68. The molecule has 2 N–H and O–H groups in total. The number of rotatable bonds is 5. The van der Waals surface area contributed by atoms with Gasteiger partial charge in [0.15, 0.2) is 0 Å². The second kappa shape index (κ2) is 5.82. The van der Waals surface area contributed by atoms with E-state index in [1.165, 1.54) is 0 Å². The van der Waals surface area contributed by atoms with Crippen molar-refractivity contribution >= 4 is 0 Å². The highest BCUT2D eigenvalue weighted by Crippen LogP contribution is 2.43. The van der Waals surface area contributed by atoms with Gasteiger partial charge in [-0.3, -0.25) is 4.68 Å². The summed E-state index contributed by atoms with van der Waals surface area (Å²) in [6.45, 7) is 7.55. The molecule has 1 aliphatic rings. The van der Waals surface area contributed by atoms with Crippen molar-refractivity contribution in [1.29, 1.82) is 0 Å². The summed E-state index contributed by atoms with van der Waals surface area (Å²) in [4.78, 5) is 4.33. The van der Waals surface area contributed by atoms with Gasteiger partial charge >= 0.3 is 0 Å². The first-order valence-electron chi connectivity index (χ1n) is 7.60. The average Bonchev–Trinajstić information content (AvgIpc) is 2.86. The maximum absolute atomic E-state index is 6.49. The Kier molecular flexibility index (Phi) is 4.49. The summed E-state index contributed by atoms with van der Waals surface area (Å²) >= 11 is 0. The Morgan fingerprint density at radius 1 is 1.35 bits per heavy atom. The molecule has 0 saturated heterocycles. The lowest BCUT2D eigenvalue weighted by Crippen LogP contribution is -2.53. The van der Waals surface area contributed by atoms with Crippen LogP contribution in [-0.2, 0) is 17.7 Å². The van der Waals surface area contributed by atoms with Crippen molar-refractivity contribution in [2.75, 3.05) is 7.11 Å². The van der Waals surface area contributed by atoms with E-state index in [2.05, 4.69) is 30.9 Å². The summed E-state index contributed by atoms with van der Waals surface area (Å²) in [5.74, 6) is 0.959. The van der Waals surface area contributed by atoms with Crippen molar-refractivity contribution in [3.8, 4) is 0 Å². The monoisotopic (exact) mass is 280 g/mol. The molecule has 114 valence electrons. The fourth-order valence-electron chi connectivity index (χ4n) is 3.17. The normalized spacial score (nSPS) is 22.6. The third kappa shape index (κ3) is 3.04. The molecule has 0 spiro atoms. The molecule has 1 heterocycles. The Morgan fingerprint density at radius 3 is 2.55 bits per heavy atom. The minimum Gasteiger partial charge on any atom is -0.377 e. The van der Waals surface area contributed by atoms with Crippen LogP contribution < -0.4 is 5.73 Å². The van der Waals surface area contributed by atoms with Gasteiger partial charge in [-0.1, -0.05) is 13.8 Å². The van der Waals surface area contributed by atoms with Crippen molar-refractivity contribution in [3.63, 3.8) is 0 Å². The Balaban J connectivity index is 2.08. The summed E-state index contributed by atoms with van der Waals surface area (Å²) in [7, 11) is 1.79. The van der Waals surface area contributed by atoms with E-state index in [0.717, 1.165) is 44.5 Å². The van der Waals surface area contributed by atoms with E-state index in [-0.39, 0.29) is 11.6 Å². The zero-order chi connectivity index (χ0) is 14.8. The van der Waals surface area contributed by atoms with Crippen LogP contribution in [0.2, 0.25) is 0 Å². The first-order valence-corrected chi connectivity index (χ1v) is 7.60. The highest BCUT2D eigenvalue weighted by Gasteiger charge is 2.43. The van der Waals surface area contributed by atoms with Crippen LogP contribution in [0.3, 0.4) is 0 Å². The second-order valence-electron chi connectivity index (χ2n) is 6.74. The number of aryl methyl sites for hydroxylation is 1. The van der Waals surface area contributed by atoms with E-state index in [0.29, 0.717) is 5.41 Å². The smallest absolute Gasteiger partial charge is 0.138 e. The summed E-state index contributed by atoms with van der Waals surface area (Å²) in [5.41, 5.74) is 6.69. The van der Waals surface area contributed by atoms with Gasteiger partial charge in [0.2, 0.25) is 0 Å². The fourth-order valence-corrected chi connectivity index (χ4v) is 3.17. The molecule has 1 aromatic rings. The molecule has 1 aromatic heterocycles. The Bertz CT molecular complexity index is 431. The molecule has 0 radical (unpaired) electrons. The average molecular weight is 280 g/mol. The van der Waals surface area contributed by atoms with Crippen LogP contribution >= 0.6 is 0 Å². The highest BCUT2D eigenvalue weighted by molar-refractivity contribution is 5.02. The highest BCUT2D eigenvalue weighted by atomic mass is 16.5. The van der Waals surface area contributed by atoms with Gasteiger partial charge in [0.05, 0.1) is 5.60 Å². The zero-order valence-corrected chi connectivity index (χ0v) is 13.2. The van der Waals surface area contributed by atoms with Gasteiger partial charge in [-0.15, -0.1) is 0 Å². The molecule has 2 rings (SSSR count). The molecule has 5 nitrogen and oxygen atoms in total. The topological polar surface area (TPSA) is 66.0 Å². The van der Waals surface area contributed by atoms with Crippen LogP contribution in [0.1, 0.15) is 52.3 Å². The van der Waals surface area contributed by atoms with E-state index < -0.39 is 0 Å². The molecule has 1 aliphatic carbocycles. The molecule has 1 atom stereocenters. The standard InChI is InChI=1S/C15H28N4O/c1-5-19-13(17-11-18-19)10-12(16)15(20-4)8-6-14(2,3)7-9-15/h11-12H,5-10,16H2,1-4H3. The molecule has 1 unspecified atom stereocenters. The molecular weight excluding hydrogens is 252 g/mol. The molecule has 0 bridgehead atoms. The summed E-state index contributed by atoms with van der Waals surface area (Å²) < 4.78 is 7.79. The minimum absolute atomic E-state index is 0.0295. The van der Waals surface area contributed by atoms with E-state index >= 15 is 0 Å². The van der Waals surface area contributed by atoms with Gasteiger partial charge < -0.3 is 10.5 Å². The van der Waals surface area contributed by atoms with Crippen LogP contribution in [0.4, 0.5) is 0 Å². The summed E-state index contributed by atoms with van der Waals surface area (Å²) in [6.07, 6.45) is 6.71. The summed E-state index contributed by atoms with van der Waals surface area (Å²) in [6, 6.07) is -0.0295. The largest absolute Gasteiger partial charge is 0.377 e. The van der Waals surface area contributed by atoms with Gasteiger partial charge in [-0.05, 0) is 38.0 Å². The van der Waals surface area contributed by atoms with Gasteiger partial charge in [0.1, 0.15) is 12.2 Å². The van der Waals surface area contributed by atoms with Crippen LogP contribution in [-0.4, -0.2) is 33.5 Å². The van der Waals surface area contributed by atoms with E-state index in [1.54, 1.807) is 13.4 Å². The molecule has 20 heavy (non-hydrogen) atoms. The quantitative estimate of drug-likeness (QED) is 0.897. The minimum atomic E-state index is -0.208. The SMILES string of the molecule is CCn1ncnc1CC(N)C1(OC)CCC(C)(C)CC1. The first kappa shape index (κ1) is 15.4. The van der Waals surface area contributed by atoms with E-state index in [4.69, 9.17) is 10.5 Å². The lowest BCUT2D eigenvalue weighted by Gasteiger charge is -2.45. The molecule has 0 amide bonds. The van der Waals surface area contributed by atoms with Crippen LogP contribution in [0.25, 0.3) is 0 Å². The van der Waals surface area contributed by atoms with Gasteiger partial charge in [0.25, 0.3) is 0 Å². The number of hydrogen-bond acceptors (Lipinski definition) is 4. The number of nitrogens with zero attached hydrogens (tertiary/aromatic N) is 3. The number of nitrogens with two attached hydrogens (primary N) is 1. The predicted octanol–water partition coefficient (Wildman–Crippen LogP) is 2.15. The van der Waals surface area contributed by atoms with Crippen LogP contribution in [0.5, 0.6) is 0 Å². The second-order valence-corrected chi connectivity index (χ2v) is 6.74. The molecule has 0 aromatic carbocycles.